The van der Waals surface area contributed by atoms with Crippen LogP contribution in [0.2, 0.25) is 0 Å². The zero-order chi connectivity index (χ0) is 11.0. The van der Waals surface area contributed by atoms with Gasteiger partial charge in [-0.25, -0.2) is 0 Å². The van der Waals surface area contributed by atoms with Gasteiger partial charge in [-0.2, -0.15) is 0 Å². The molecule has 3 rings (SSSR count). The Morgan fingerprint density at radius 2 is 1.69 bits per heavy atom. The van der Waals surface area contributed by atoms with E-state index in [1.165, 1.54) is 26.1 Å². The van der Waals surface area contributed by atoms with Crippen LogP contribution in [-0.4, -0.2) is 26.2 Å². The number of hydrogen-bond donors (Lipinski definition) is 2. The summed E-state index contributed by atoms with van der Waals surface area (Å²) in [6, 6.07) is 0. The van der Waals surface area contributed by atoms with E-state index in [4.69, 9.17) is 0 Å². The van der Waals surface area contributed by atoms with Crippen LogP contribution >= 0.6 is 0 Å². The number of rotatable bonds is 7. The Kier molecular flexibility index (Phi) is 3.21. The van der Waals surface area contributed by atoms with Gasteiger partial charge in [0.25, 0.3) is 0 Å². The van der Waals surface area contributed by atoms with Crippen molar-refractivity contribution in [1.82, 2.24) is 10.6 Å². The highest BCUT2D eigenvalue weighted by atomic mass is 14.9. The summed E-state index contributed by atoms with van der Waals surface area (Å²) in [5.41, 5.74) is 0. The minimum atomic E-state index is 1.07. The van der Waals surface area contributed by atoms with Gasteiger partial charge in [0.1, 0.15) is 0 Å². The SMILES string of the molecule is CCNCCCNCC1C2C3CCC(C3)C12. The third-order valence-corrected chi connectivity index (χ3v) is 5.23. The molecular formula is C14H26N2. The Hall–Kier alpha value is -0.0800. The molecular weight excluding hydrogens is 196 g/mol. The molecule has 4 unspecified atom stereocenters. The van der Waals surface area contributed by atoms with Crippen LogP contribution in [0.3, 0.4) is 0 Å². The molecule has 0 aromatic rings. The van der Waals surface area contributed by atoms with Crippen LogP contribution in [0.15, 0.2) is 0 Å². The van der Waals surface area contributed by atoms with Crippen molar-refractivity contribution in [3.63, 3.8) is 0 Å². The van der Waals surface area contributed by atoms with Gasteiger partial charge in [-0.3, -0.25) is 0 Å². The first-order valence-corrected chi connectivity index (χ1v) is 7.33. The monoisotopic (exact) mass is 222 g/mol. The molecule has 3 fully saturated rings. The predicted octanol–water partition coefficient (Wildman–Crippen LogP) is 1.87. The van der Waals surface area contributed by atoms with E-state index in [0.29, 0.717) is 0 Å². The van der Waals surface area contributed by atoms with Gasteiger partial charge in [0.05, 0.1) is 0 Å². The van der Waals surface area contributed by atoms with Gasteiger partial charge < -0.3 is 10.6 Å². The van der Waals surface area contributed by atoms with Crippen LogP contribution in [0.5, 0.6) is 0 Å². The maximum atomic E-state index is 3.66. The van der Waals surface area contributed by atoms with Crippen molar-refractivity contribution in [2.75, 3.05) is 26.2 Å². The first-order chi connectivity index (χ1) is 7.92. The maximum absolute atomic E-state index is 3.66. The largest absolute Gasteiger partial charge is 0.317 e. The summed E-state index contributed by atoms with van der Waals surface area (Å²) in [5, 5.41) is 7.04. The first-order valence-electron chi connectivity index (χ1n) is 7.33. The Labute approximate surface area is 99.6 Å². The number of hydrogen-bond acceptors (Lipinski definition) is 2. The Morgan fingerprint density at radius 1 is 1.00 bits per heavy atom. The number of nitrogens with one attached hydrogen (secondary N) is 2. The molecule has 2 bridgehead atoms. The highest BCUT2D eigenvalue weighted by Gasteiger charge is 2.64. The minimum Gasteiger partial charge on any atom is -0.317 e. The van der Waals surface area contributed by atoms with Crippen LogP contribution in [0.4, 0.5) is 0 Å². The molecule has 0 aliphatic heterocycles. The lowest BCUT2D eigenvalue weighted by Crippen LogP contribution is -2.24. The second-order valence-corrected chi connectivity index (χ2v) is 6.06. The fourth-order valence-corrected chi connectivity index (χ4v) is 4.56. The molecule has 3 saturated carbocycles. The molecule has 4 atom stereocenters. The lowest BCUT2D eigenvalue weighted by molar-refractivity contribution is 0.441. The van der Waals surface area contributed by atoms with E-state index < -0.39 is 0 Å². The molecule has 0 heterocycles. The highest BCUT2D eigenvalue weighted by Crippen LogP contribution is 2.69. The first kappa shape index (κ1) is 11.0. The normalized spacial score (nSPS) is 43.7. The molecule has 0 spiro atoms. The van der Waals surface area contributed by atoms with Crippen LogP contribution in [0.25, 0.3) is 0 Å². The Balaban J connectivity index is 1.28. The summed E-state index contributed by atoms with van der Waals surface area (Å²) in [4.78, 5) is 0. The molecule has 3 aliphatic rings. The van der Waals surface area contributed by atoms with E-state index in [2.05, 4.69) is 17.6 Å². The smallest absolute Gasteiger partial charge is 0.00148 e. The Morgan fingerprint density at radius 3 is 2.38 bits per heavy atom. The van der Waals surface area contributed by atoms with Gasteiger partial charge in [-0.05, 0) is 81.5 Å². The Bertz CT molecular complexity index is 225. The van der Waals surface area contributed by atoms with Gasteiger partial charge in [-0.15, -0.1) is 0 Å². The average Bonchev–Trinajstić information content (AvgIpc) is 2.71. The van der Waals surface area contributed by atoms with Gasteiger partial charge in [0.15, 0.2) is 0 Å². The fourth-order valence-electron chi connectivity index (χ4n) is 4.56. The van der Waals surface area contributed by atoms with Gasteiger partial charge in [0.2, 0.25) is 0 Å². The van der Waals surface area contributed by atoms with E-state index in [0.717, 1.165) is 36.1 Å². The van der Waals surface area contributed by atoms with Crippen molar-refractivity contribution in [3.05, 3.63) is 0 Å². The van der Waals surface area contributed by atoms with Crippen molar-refractivity contribution < 1.29 is 0 Å². The molecule has 0 saturated heterocycles. The molecule has 0 aromatic heterocycles. The molecule has 92 valence electrons. The van der Waals surface area contributed by atoms with E-state index in [9.17, 15) is 0 Å². The third kappa shape index (κ3) is 1.91. The standard InChI is InChI=1S/C14H26N2/c1-2-15-6-3-7-16-9-12-13-10-4-5-11(8-10)14(12)13/h10-16H,2-9H2,1H3. The van der Waals surface area contributed by atoms with E-state index >= 15 is 0 Å². The molecule has 0 amide bonds. The van der Waals surface area contributed by atoms with Crippen molar-refractivity contribution >= 4 is 0 Å². The molecule has 2 N–H and O–H groups in total. The molecule has 0 radical (unpaired) electrons. The highest BCUT2D eigenvalue weighted by molar-refractivity contribution is 5.13. The summed E-state index contributed by atoms with van der Waals surface area (Å²) in [7, 11) is 0. The fraction of sp³-hybridized carbons (Fsp3) is 1.00. The third-order valence-electron chi connectivity index (χ3n) is 5.23. The lowest BCUT2D eigenvalue weighted by atomic mass is 10.0. The van der Waals surface area contributed by atoms with E-state index in [1.54, 1.807) is 19.3 Å². The second-order valence-electron chi connectivity index (χ2n) is 6.06. The molecule has 2 nitrogen and oxygen atoms in total. The van der Waals surface area contributed by atoms with E-state index in [1.807, 2.05) is 0 Å². The summed E-state index contributed by atoms with van der Waals surface area (Å²) in [6.45, 7) is 6.98. The van der Waals surface area contributed by atoms with Crippen molar-refractivity contribution in [3.8, 4) is 0 Å². The van der Waals surface area contributed by atoms with Crippen LogP contribution in [0.1, 0.15) is 32.6 Å². The maximum Gasteiger partial charge on any atom is -0.00148 e. The zero-order valence-corrected chi connectivity index (χ0v) is 10.5. The van der Waals surface area contributed by atoms with Gasteiger partial charge >= 0.3 is 0 Å². The molecule has 3 aliphatic carbocycles. The predicted molar refractivity (Wildman–Crippen MR) is 67.3 cm³/mol. The topological polar surface area (TPSA) is 24.1 Å². The second kappa shape index (κ2) is 4.66. The quantitative estimate of drug-likeness (QED) is 0.643. The van der Waals surface area contributed by atoms with Crippen LogP contribution in [-0.2, 0) is 0 Å². The molecule has 2 heteroatoms. The van der Waals surface area contributed by atoms with Gasteiger partial charge in [0, 0.05) is 0 Å². The molecule has 16 heavy (non-hydrogen) atoms. The van der Waals surface area contributed by atoms with Crippen LogP contribution in [0, 0.1) is 29.6 Å². The summed E-state index contributed by atoms with van der Waals surface area (Å²) < 4.78 is 0. The number of fused-ring (bicyclic) bond motifs is 5. The lowest BCUT2D eigenvalue weighted by Gasteiger charge is -2.09. The average molecular weight is 222 g/mol. The summed E-state index contributed by atoms with van der Waals surface area (Å²) in [6.07, 6.45) is 5.99. The van der Waals surface area contributed by atoms with E-state index in [-0.39, 0.29) is 0 Å². The zero-order valence-electron chi connectivity index (χ0n) is 10.5. The van der Waals surface area contributed by atoms with Gasteiger partial charge in [-0.1, -0.05) is 6.92 Å². The van der Waals surface area contributed by atoms with Crippen molar-refractivity contribution in [2.24, 2.45) is 29.6 Å². The summed E-state index contributed by atoms with van der Waals surface area (Å²) in [5.74, 6) is 5.66. The van der Waals surface area contributed by atoms with Crippen molar-refractivity contribution in [2.45, 2.75) is 32.6 Å². The molecule has 0 aromatic carbocycles. The van der Waals surface area contributed by atoms with Crippen molar-refractivity contribution in [1.29, 1.82) is 0 Å². The summed E-state index contributed by atoms with van der Waals surface area (Å²) >= 11 is 0. The van der Waals surface area contributed by atoms with Crippen LogP contribution < -0.4 is 10.6 Å². The minimum absolute atomic E-state index is 1.07.